The van der Waals surface area contributed by atoms with Crippen molar-refractivity contribution < 1.29 is 4.79 Å². The number of thiol groups is 1. The summed E-state index contributed by atoms with van der Waals surface area (Å²) in [5.74, 6) is 0.514. The highest BCUT2D eigenvalue weighted by atomic mass is 32.1. The second-order valence-corrected chi connectivity index (χ2v) is 6.97. The number of benzene rings is 1. The smallest absolute Gasteiger partial charge is 0.228 e. The number of anilines is 1. The van der Waals surface area contributed by atoms with Crippen LogP contribution >= 0.6 is 24.0 Å². The molecule has 0 unspecified atom stereocenters. The van der Waals surface area contributed by atoms with Gasteiger partial charge in [0.25, 0.3) is 0 Å². The maximum Gasteiger partial charge on any atom is 0.228 e. The number of hydrogen-bond donors (Lipinski definition) is 1. The van der Waals surface area contributed by atoms with Crippen LogP contribution in [0.1, 0.15) is 6.42 Å². The number of nitrogens with zero attached hydrogens (tertiary/aromatic N) is 3. The number of thiazole rings is 1. The summed E-state index contributed by atoms with van der Waals surface area (Å²) in [6, 6.07) is 13.8. The number of carbonyl (C=O) groups is 1. The number of amides is 1. The molecular weight excluding hydrogens is 362 g/mol. The van der Waals surface area contributed by atoms with Gasteiger partial charge in [0.1, 0.15) is 15.7 Å². The Labute approximate surface area is 162 Å². The minimum absolute atomic E-state index is 0.0125. The lowest BCUT2D eigenvalue weighted by atomic mass is 10.1. The molecule has 4 nitrogen and oxygen atoms in total. The number of pyridine rings is 1. The van der Waals surface area contributed by atoms with E-state index in [2.05, 4.69) is 24.2 Å². The molecular formula is C20H19N3OS2. The van der Waals surface area contributed by atoms with Crippen molar-refractivity contribution in [3.63, 3.8) is 0 Å². The largest absolute Gasteiger partial charge is 0.298 e. The Hall–Kier alpha value is -2.44. The third-order valence-electron chi connectivity index (χ3n) is 3.75. The molecule has 3 rings (SSSR count). The van der Waals surface area contributed by atoms with Gasteiger partial charge in [0.05, 0.1) is 0 Å². The van der Waals surface area contributed by atoms with Gasteiger partial charge in [-0.15, -0.1) is 6.58 Å². The van der Waals surface area contributed by atoms with Crippen LogP contribution in [0.2, 0.25) is 0 Å². The van der Waals surface area contributed by atoms with Gasteiger partial charge >= 0.3 is 0 Å². The van der Waals surface area contributed by atoms with Gasteiger partial charge in [-0.2, -0.15) is 12.6 Å². The molecule has 0 bridgehead atoms. The molecule has 6 heteroatoms. The van der Waals surface area contributed by atoms with Crippen LogP contribution in [0.15, 0.2) is 67.5 Å². The van der Waals surface area contributed by atoms with E-state index >= 15 is 0 Å². The predicted octanol–water partition coefficient (Wildman–Crippen LogP) is 4.71. The molecule has 0 saturated carbocycles. The van der Waals surface area contributed by atoms with E-state index in [4.69, 9.17) is 4.98 Å². The summed E-state index contributed by atoms with van der Waals surface area (Å²) in [4.78, 5) is 23.4. The standard InChI is InChI=1S/C20H19N3OS2/c1-2-12-23(17(24)10-13-25)20-18(15-7-4-3-5-8-15)22-19(26-20)16-9-6-11-21-14-16/h2-9,11,14,25H,1,10,12-13H2. The van der Waals surface area contributed by atoms with Crippen molar-refractivity contribution in [3.8, 4) is 21.8 Å². The molecule has 0 aliphatic carbocycles. The van der Waals surface area contributed by atoms with E-state index in [-0.39, 0.29) is 5.91 Å². The van der Waals surface area contributed by atoms with Gasteiger partial charge in [-0.05, 0) is 17.9 Å². The van der Waals surface area contributed by atoms with Crippen LogP contribution in [0, 0.1) is 0 Å². The molecule has 1 aromatic carbocycles. The maximum atomic E-state index is 12.7. The fourth-order valence-corrected chi connectivity index (χ4v) is 3.85. The molecule has 26 heavy (non-hydrogen) atoms. The molecule has 0 aliphatic heterocycles. The van der Waals surface area contributed by atoms with Gasteiger partial charge in [0.15, 0.2) is 0 Å². The fraction of sp³-hybridized carbons (Fsp3) is 0.150. The van der Waals surface area contributed by atoms with Crippen LogP contribution in [-0.2, 0) is 4.79 Å². The SMILES string of the molecule is C=CCN(C(=O)CCS)c1sc(-c2cccnc2)nc1-c1ccccc1. The number of aromatic nitrogens is 2. The lowest BCUT2D eigenvalue weighted by molar-refractivity contribution is -0.118. The Morgan fingerprint density at radius 1 is 1.19 bits per heavy atom. The van der Waals surface area contributed by atoms with Crippen molar-refractivity contribution in [3.05, 3.63) is 67.5 Å². The summed E-state index contributed by atoms with van der Waals surface area (Å²) in [5.41, 5.74) is 2.70. The lowest BCUT2D eigenvalue weighted by Crippen LogP contribution is -2.30. The van der Waals surface area contributed by atoms with E-state index in [9.17, 15) is 4.79 Å². The summed E-state index contributed by atoms with van der Waals surface area (Å²) in [6.07, 6.45) is 5.61. The van der Waals surface area contributed by atoms with Gasteiger partial charge in [0.2, 0.25) is 5.91 Å². The van der Waals surface area contributed by atoms with Gasteiger partial charge < -0.3 is 0 Å². The Morgan fingerprint density at radius 3 is 2.62 bits per heavy atom. The first kappa shape index (κ1) is 18.4. The van der Waals surface area contributed by atoms with Crippen molar-refractivity contribution in [2.24, 2.45) is 0 Å². The average molecular weight is 382 g/mol. The van der Waals surface area contributed by atoms with Crippen molar-refractivity contribution in [2.75, 3.05) is 17.2 Å². The first-order valence-corrected chi connectivity index (χ1v) is 9.68. The van der Waals surface area contributed by atoms with Crippen molar-refractivity contribution >= 4 is 34.9 Å². The zero-order valence-corrected chi connectivity index (χ0v) is 15.9. The second-order valence-electron chi connectivity index (χ2n) is 5.55. The predicted molar refractivity (Wildman–Crippen MR) is 112 cm³/mol. The normalized spacial score (nSPS) is 10.5. The second kappa shape index (κ2) is 8.78. The highest BCUT2D eigenvalue weighted by molar-refractivity contribution is 7.80. The number of rotatable bonds is 7. The third kappa shape index (κ3) is 4.03. The van der Waals surface area contributed by atoms with E-state index < -0.39 is 0 Å². The van der Waals surface area contributed by atoms with E-state index in [0.717, 1.165) is 26.8 Å². The molecule has 1 amide bonds. The molecule has 0 fully saturated rings. The fourth-order valence-electron chi connectivity index (χ4n) is 2.55. The number of carbonyl (C=O) groups excluding carboxylic acids is 1. The molecule has 2 aromatic heterocycles. The Kier molecular flexibility index (Phi) is 6.20. The molecule has 0 radical (unpaired) electrons. The van der Waals surface area contributed by atoms with Crippen LogP contribution in [0.25, 0.3) is 21.8 Å². The summed E-state index contributed by atoms with van der Waals surface area (Å²) in [5, 5.41) is 1.65. The van der Waals surface area contributed by atoms with E-state index in [1.807, 2.05) is 42.5 Å². The van der Waals surface area contributed by atoms with Crippen molar-refractivity contribution in [1.82, 2.24) is 9.97 Å². The highest BCUT2D eigenvalue weighted by Gasteiger charge is 2.23. The average Bonchev–Trinajstić information content (AvgIpc) is 3.12. The zero-order chi connectivity index (χ0) is 18.4. The van der Waals surface area contributed by atoms with Crippen LogP contribution < -0.4 is 4.90 Å². The lowest BCUT2D eigenvalue weighted by Gasteiger charge is -2.20. The van der Waals surface area contributed by atoms with Gasteiger partial charge in [0, 0.05) is 36.5 Å². The summed E-state index contributed by atoms with van der Waals surface area (Å²) >= 11 is 5.69. The molecule has 132 valence electrons. The topological polar surface area (TPSA) is 46.1 Å². The molecule has 2 heterocycles. The first-order valence-electron chi connectivity index (χ1n) is 8.23. The zero-order valence-electron chi connectivity index (χ0n) is 14.2. The maximum absolute atomic E-state index is 12.7. The number of hydrogen-bond acceptors (Lipinski definition) is 5. The molecule has 0 saturated heterocycles. The van der Waals surface area contributed by atoms with Crippen LogP contribution in [-0.4, -0.2) is 28.2 Å². The third-order valence-corrected chi connectivity index (χ3v) is 5.10. The Bertz CT molecular complexity index is 879. The minimum atomic E-state index is 0.0125. The monoisotopic (exact) mass is 381 g/mol. The molecule has 0 spiro atoms. The first-order chi connectivity index (χ1) is 12.7. The van der Waals surface area contributed by atoms with Crippen LogP contribution in [0.5, 0.6) is 0 Å². The Balaban J connectivity index is 2.13. The van der Waals surface area contributed by atoms with Crippen LogP contribution in [0.4, 0.5) is 5.00 Å². The van der Waals surface area contributed by atoms with Gasteiger partial charge in [-0.25, -0.2) is 4.98 Å². The summed E-state index contributed by atoms with van der Waals surface area (Å²) < 4.78 is 0. The summed E-state index contributed by atoms with van der Waals surface area (Å²) in [7, 11) is 0. The van der Waals surface area contributed by atoms with Crippen LogP contribution in [0.3, 0.4) is 0 Å². The minimum Gasteiger partial charge on any atom is -0.298 e. The Morgan fingerprint density at radius 2 is 1.96 bits per heavy atom. The quantitative estimate of drug-likeness (QED) is 0.476. The highest BCUT2D eigenvalue weighted by Crippen LogP contribution is 2.40. The van der Waals surface area contributed by atoms with Gasteiger partial charge in [-0.3, -0.25) is 14.7 Å². The van der Waals surface area contributed by atoms with Crippen molar-refractivity contribution in [2.45, 2.75) is 6.42 Å². The van der Waals surface area contributed by atoms with Crippen molar-refractivity contribution in [1.29, 1.82) is 0 Å². The van der Waals surface area contributed by atoms with Gasteiger partial charge in [-0.1, -0.05) is 47.7 Å². The summed E-state index contributed by atoms with van der Waals surface area (Å²) in [6.45, 7) is 4.23. The van der Waals surface area contributed by atoms with E-state index in [1.54, 1.807) is 23.4 Å². The van der Waals surface area contributed by atoms with E-state index in [1.165, 1.54) is 11.3 Å². The van der Waals surface area contributed by atoms with E-state index in [0.29, 0.717) is 18.7 Å². The molecule has 0 aliphatic rings. The molecule has 3 aromatic rings. The molecule has 0 N–H and O–H groups in total. The molecule has 0 atom stereocenters.